The standard InChI is InChI=1S/C29H33NO7/c1-17-11-12-21(34-5)25-23(17)28-15-16-30(4)18(2)29(28,33)14-13-22(26(28)37-25)36-27(32)24(35-19(3)31)20-9-7-6-8-10-20/h6-13,18,24,26,33H,14-16H2,1-5H3/t18-,24+,26?,28?,29-/m1/s1. The molecular weight excluding hydrogens is 474 g/mol. The van der Waals surface area contributed by atoms with Crippen molar-refractivity contribution in [1.29, 1.82) is 0 Å². The highest BCUT2D eigenvalue weighted by Gasteiger charge is 2.69. The van der Waals surface area contributed by atoms with Crippen molar-refractivity contribution in [2.75, 3.05) is 20.7 Å². The summed E-state index contributed by atoms with van der Waals surface area (Å²) in [7, 11) is 3.58. The minimum Gasteiger partial charge on any atom is -0.493 e. The third-order valence-corrected chi connectivity index (χ3v) is 8.35. The molecule has 2 aromatic carbocycles. The first-order chi connectivity index (χ1) is 17.6. The van der Waals surface area contributed by atoms with E-state index in [-0.39, 0.29) is 12.5 Å². The van der Waals surface area contributed by atoms with Crippen molar-refractivity contribution in [1.82, 2.24) is 4.90 Å². The van der Waals surface area contributed by atoms with Crippen LogP contribution in [0.1, 0.15) is 49.5 Å². The summed E-state index contributed by atoms with van der Waals surface area (Å²) in [6.45, 7) is 5.99. The molecule has 8 nitrogen and oxygen atoms in total. The second kappa shape index (κ2) is 9.19. The maximum atomic E-state index is 13.5. The van der Waals surface area contributed by atoms with Gasteiger partial charge in [0.25, 0.3) is 0 Å². The highest BCUT2D eigenvalue weighted by Crippen LogP contribution is 2.62. The predicted octanol–water partition coefficient (Wildman–Crippen LogP) is 3.59. The average molecular weight is 508 g/mol. The van der Waals surface area contributed by atoms with E-state index in [1.54, 1.807) is 37.5 Å². The fourth-order valence-corrected chi connectivity index (χ4v) is 6.37. The van der Waals surface area contributed by atoms with E-state index in [9.17, 15) is 14.7 Å². The number of rotatable bonds is 5. The van der Waals surface area contributed by atoms with Gasteiger partial charge in [0, 0.05) is 30.5 Å². The summed E-state index contributed by atoms with van der Waals surface area (Å²) in [4.78, 5) is 27.4. The monoisotopic (exact) mass is 507 g/mol. The third-order valence-electron chi connectivity index (χ3n) is 8.35. The van der Waals surface area contributed by atoms with Gasteiger partial charge in [-0.25, -0.2) is 4.79 Å². The number of fused-ring (bicyclic) bond motifs is 1. The van der Waals surface area contributed by atoms with Crippen molar-refractivity contribution in [3.8, 4) is 11.5 Å². The van der Waals surface area contributed by atoms with E-state index < -0.39 is 35.2 Å². The van der Waals surface area contributed by atoms with E-state index in [4.69, 9.17) is 18.9 Å². The molecule has 37 heavy (non-hydrogen) atoms. The Hall–Kier alpha value is -3.36. The molecule has 2 unspecified atom stereocenters. The maximum absolute atomic E-state index is 13.5. The number of nitrogens with zero attached hydrogens (tertiary/aromatic N) is 1. The number of ether oxygens (including phenoxy) is 4. The lowest BCUT2D eigenvalue weighted by Gasteiger charge is -2.58. The van der Waals surface area contributed by atoms with Gasteiger partial charge in [0.2, 0.25) is 6.10 Å². The van der Waals surface area contributed by atoms with Crippen LogP contribution in [-0.2, 0) is 24.5 Å². The molecular formula is C29H33NO7. The van der Waals surface area contributed by atoms with Gasteiger partial charge in [-0.15, -0.1) is 0 Å². The van der Waals surface area contributed by atoms with Crippen molar-refractivity contribution in [3.05, 3.63) is 71.0 Å². The summed E-state index contributed by atoms with van der Waals surface area (Å²) in [6.07, 6.45) is 0.607. The quantitative estimate of drug-likeness (QED) is 0.614. The number of piperidine rings is 1. The minimum atomic E-state index is -1.23. The predicted molar refractivity (Wildman–Crippen MR) is 135 cm³/mol. The molecule has 1 aliphatic carbocycles. The zero-order valence-corrected chi connectivity index (χ0v) is 21.8. The number of esters is 2. The summed E-state index contributed by atoms with van der Waals surface area (Å²) in [6, 6.07) is 12.4. The first-order valence-corrected chi connectivity index (χ1v) is 12.5. The van der Waals surface area contributed by atoms with Gasteiger partial charge in [0.1, 0.15) is 5.76 Å². The van der Waals surface area contributed by atoms with Crippen LogP contribution < -0.4 is 9.47 Å². The normalized spacial score (nSPS) is 29.1. The van der Waals surface area contributed by atoms with E-state index in [0.29, 0.717) is 29.2 Å². The number of carbonyl (C=O) groups is 2. The SMILES string of the molecule is COc1ccc(C)c2c1OC1C(OC(=O)[C@@H](OC(C)=O)c3ccccc3)=CC[C@@]3(O)[C@@H](C)N(C)CCC213. The molecule has 0 radical (unpaired) electrons. The van der Waals surface area contributed by atoms with Crippen LogP contribution in [0.3, 0.4) is 0 Å². The Morgan fingerprint density at radius 3 is 2.59 bits per heavy atom. The molecule has 5 rings (SSSR count). The number of aliphatic hydroxyl groups is 1. The highest BCUT2D eigenvalue weighted by molar-refractivity contribution is 5.81. The molecule has 0 bridgehead atoms. The number of likely N-dealkylation sites (tertiary alicyclic amines) is 1. The Morgan fingerprint density at radius 2 is 1.92 bits per heavy atom. The number of likely N-dealkylation sites (N-methyl/N-ethyl adjacent to an activating group) is 1. The van der Waals surface area contributed by atoms with Gasteiger partial charge in [0.05, 0.1) is 18.1 Å². The summed E-state index contributed by atoms with van der Waals surface area (Å²) < 4.78 is 23.5. The Labute approximate surface area is 216 Å². The Balaban J connectivity index is 1.59. The highest BCUT2D eigenvalue weighted by atomic mass is 16.6. The molecule has 0 saturated carbocycles. The molecule has 1 N–H and O–H groups in total. The Morgan fingerprint density at radius 1 is 1.19 bits per heavy atom. The molecule has 8 heteroatoms. The van der Waals surface area contributed by atoms with Crippen LogP contribution >= 0.6 is 0 Å². The van der Waals surface area contributed by atoms with E-state index in [1.807, 2.05) is 39.1 Å². The van der Waals surface area contributed by atoms with Crippen molar-refractivity contribution in [2.45, 2.75) is 62.9 Å². The van der Waals surface area contributed by atoms with Crippen molar-refractivity contribution in [3.63, 3.8) is 0 Å². The van der Waals surface area contributed by atoms with E-state index in [2.05, 4.69) is 4.90 Å². The zero-order chi connectivity index (χ0) is 26.5. The molecule has 2 aromatic rings. The van der Waals surface area contributed by atoms with E-state index >= 15 is 0 Å². The van der Waals surface area contributed by atoms with Gasteiger partial charge >= 0.3 is 11.9 Å². The number of benzene rings is 2. The van der Waals surface area contributed by atoms with Crippen LogP contribution in [0.25, 0.3) is 0 Å². The number of carbonyl (C=O) groups excluding carboxylic acids is 2. The second-order valence-electron chi connectivity index (χ2n) is 10.2. The minimum absolute atomic E-state index is 0.185. The van der Waals surface area contributed by atoms with Gasteiger partial charge in [-0.3, -0.25) is 4.79 Å². The lowest BCUT2D eigenvalue weighted by atomic mass is 9.54. The average Bonchev–Trinajstić information content (AvgIpc) is 3.25. The van der Waals surface area contributed by atoms with E-state index in [0.717, 1.165) is 17.7 Å². The van der Waals surface area contributed by atoms with Crippen LogP contribution in [0.5, 0.6) is 11.5 Å². The van der Waals surface area contributed by atoms with Gasteiger partial charge in [0.15, 0.2) is 17.6 Å². The molecule has 1 fully saturated rings. The molecule has 5 atom stereocenters. The van der Waals surface area contributed by atoms with E-state index in [1.165, 1.54) is 6.92 Å². The van der Waals surface area contributed by atoms with Crippen LogP contribution in [0.2, 0.25) is 0 Å². The fraction of sp³-hybridized carbons (Fsp3) is 0.448. The van der Waals surface area contributed by atoms with Crippen molar-refractivity contribution >= 4 is 11.9 Å². The van der Waals surface area contributed by atoms with Crippen LogP contribution in [0.15, 0.2) is 54.3 Å². The summed E-state index contributed by atoms with van der Waals surface area (Å²) in [5.41, 5.74) is 0.327. The molecule has 196 valence electrons. The van der Waals surface area contributed by atoms with Crippen molar-refractivity contribution < 1.29 is 33.6 Å². The summed E-state index contributed by atoms with van der Waals surface area (Å²) >= 11 is 0. The van der Waals surface area contributed by atoms with Gasteiger partial charge < -0.3 is 29.0 Å². The van der Waals surface area contributed by atoms with Gasteiger partial charge in [-0.2, -0.15) is 0 Å². The number of methoxy groups -OCH3 is 1. The number of aryl methyl sites for hydroxylation is 1. The fourth-order valence-electron chi connectivity index (χ4n) is 6.37. The van der Waals surface area contributed by atoms with Crippen molar-refractivity contribution in [2.24, 2.45) is 0 Å². The molecule has 0 amide bonds. The lowest BCUT2D eigenvalue weighted by Crippen LogP contribution is -2.71. The Kier molecular flexibility index (Phi) is 6.28. The maximum Gasteiger partial charge on any atom is 0.357 e. The van der Waals surface area contributed by atoms with Crippen LogP contribution in [0, 0.1) is 6.92 Å². The summed E-state index contributed by atoms with van der Waals surface area (Å²) in [5.74, 6) is 0.107. The topological polar surface area (TPSA) is 94.5 Å². The second-order valence-corrected chi connectivity index (χ2v) is 10.2. The largest absolute Gasteiger partial charge is 0.493 e. The van der Waals surface area contributed by atoms with Gasteiger partial charge in [-0.05, 0) is 51.6 Å². The molecule has 1 spiro atoms. The molecule has 2 aliphatic heterocycles. The molecule has 1 saturated heterocycles. The van der Waals surface area contributed by atoms with Crippen LogP contribution in [0.4, 0.5) is 0 Å². The lowest BCUT2D eigenvalue weighted by molar-refractivity contribution is -0.172. The molecule has 0 aromatic heterocycles. The number of hydrogen-bond acceptors (Lipinski definition) is 8. The molecule has 3 aliphatic rings. The van der Waals surface area contributed by atoms with Gasteiger partial charge in [-0.1, -0.05) is 36.4 Å². The zero-order valence-electron chi connectivity index (χ0n) is 21.8. The number of hydrogen-bond donors (Lipinski definition) is 1. The van der Waals surface area contributed by atoms with Crippen LogP contribution in [-0.4, -0.2) is 60.4 Å². The molecule has 2 heterocycles. The summed E-state index contributed by atoms with van der Waals surface area (Å²) in [5, 5.41) is 12.4. The Bertz CT molecular complexity index is 1260. The smallest absolute Gasteiger partial charge is 0.357 e. The first kappa shape index (κ1) is 25.3. The third kappa shape index (κ3) is 3.73. The first-order valence-electron chi connectivity index (χ1n) is 12.5.